The summed E-state index contributed by atoms with van der Waals surface area (Å²) in [7, 11) is 0. The average Bonchev–Trinajstić information content (AvgIpc) is 2.61. The van der Waals surface area contributed by atoms with E-state index in [9.17, 15) is 14.7 Å². The molecule has 0 spiro atoms. The van der Waals surface area contributed by atoms with Crippen molar-refractivity contribution in [2.75, 3.05) is 19.8 Å². The Hall–Kier alpha value is -1.14. The monoisotopic (exact) mass is 341 g/mol. The van der Waals surface area contributed by atoms with Crippen LogP contribution in [0.5, 0.6) is 0 Å². The number of nitrogens with one attached hydrogen (secondary N) is 1. The topological polar surface area (TPSA) is 84.9 Å². The third-order valence-corrected chi connectivity index (χ3v) is 5.22. The van der Waals surface area contributed by atoms with Gasteiger partial charge in [0.15, 0.2) is 0 Å². The van der Waals surface area contributed by atoms with E-state index in [0.29, 0.717) is 19.6 Å². The van der Waals surface area contributed by atoms with Crippen LogP contribution in [-0.2, 0) is 19.1 Å². The van der Waals surface area contributed by atoms with Gasteiger partial charge in [0.1, 0.15) is 6.10 Å². The summed E-state index contributed by atoms with van der Waals surface area (Å²) in [4.78, 5) is 23.9. The predicted molar refractivity (Wildman–Crippen MR) is 89.7 cm³/mol. The third-order valence-electron chi connectivity index (χ3n) is 5.22. The Morgan fingerprint density at radius 2 is 1.83 bits per heavy atom. The maximum atomic E-state index is 12.4. The summed E-state index contributed by atoms with van der Waals surface area (Å²) in [5.41, 5.74) is 0. The molecule has 2 atom stereocenters. The molecule has 24 heavy (non-hydrogen) atoms. The zero-order valence-corrected chi connectivity index (χ0v) is 14.7. The van der Waals surface area contributed by atoms with Crippen molar-refractivity contribution in [3.05, 3.63) is 0 Å². The molecule has 1 saturated heterocycles. The first-order valence-electron chi connectivity index (χ1n) is 9.35. The van der Waals surface area contributed by atoms with Crippen LogP contribution in [0.1, 0.15) is 58.3 Å². The highest BCUT2D eigenvalue weighted by atomic mass is 16.5. The summed E-state index contributed by atoms with van der Waals surface area (Å²) in [5.74, 6) is -1.51. The van der Waals surface area contributed by atoms with E-state index in [1.807, 2.05) is 6.92 Å². The normalized spacial score (nSPS) is 22.7. The lowest BCUT2D eigenvalue weighted by molar-refractivity contribution is -0.146. The highest BCUT2D eigenvalue weighted by Gasteiger charge is 2.31. The second-order valence-corrected chi connectivity index (χ2v) is 6.93. The van der Waals surface area contributed by atoms with Gasteiger partial charge in [-0.2, -0.15) is 0 Å². The third kappa shape index (κ3) is 5.74. The molecule has 1 aliphatic heterocycles. The molecule has 1 amide bonds. The van der Waals surface area contributed by atoms with Crippen LogP contribution in [0.4, 0.5) is 0 Å². The lowest BCUT2D eigenvalue weighted by Gasteiger charge is -2.29. The van der Waals surface area contributed by atoms with Gasteiger partial charge in [0, 0.05) is 19.8 Å². The molecule has 2 aliphatic rings. The highest BCUT2D eigenvalue weighted by molar-refractivity contribution is 5.81. The average molecular weight is 341 g/mol. The maximum absolute atomic E-state index is 12.4. The number of hydrogen-bond acceptors (Lipinski definition) is 4. The second-order valence-electron chi connectivity index (χ2n) is 6.93. The Balaban J connectivity index is 1.82. The maximum Gasteiger partial charge on any atom is 0.308 e. The van der Waals surface area contributed by atoms with Crippen LogP contribution in [0.2, 0.25) is 0 Å². The summed E-state index contributed by atoms with van der Waals surface area (Å²) in [6.45, 7) is 3.30. The van der Waals surface area contributed by atoms with Crippen LogP contribution >= 0.6 is 0 Å². The number of carbonyl (C=O) groups is 2. The molecule has 2 fully saturated rings. The van der Waals surface area contributed by atoms with Gasteiger partial charge in [0.2, 0.25) is 5.91 Å². The Labute approximate surface area is 144 Å². The van der Waals surface area contributed by atoms with Gasteiger partial charge in [-0.15, -0.1) is 0 Å². The number of carboxylic acids is 1. The van der Waals surface area contributed by atoms with Gasteiger partial charge < -0.3 is 19.9 Å². The molecule has 6 heteroatoms. The molecule has 6 nitrogen and oxygen atoms in total. The fraction of sp³-hybridized carbons (Fsp3) is 0.889. The Morgan fingerprint density at radius 3 is 2.42 bits per heavy atom. The number of carboxylic acid groups (broad SMARTS) is 1. The predicted octanol–water partition coefficient (Wildman–Crippen LogP) is 2.36. The number of aliphatic carboxylic acids is 1. The SMILES string of the molecule is CCC(OC1CCCCC1)C(=O)NCC(C(=O)O)C1CCOCC1. The van der Waals surface area contributed by atoms with E-state index in [2.05, 4.69) is 5.32 Å². The van der Waals surface area contributed by atoms with Gasteiger partial charge in [-0.1, -0.05) is 26.2 Å². The van der Waals surface area contributed by atoms with Crippen LogP contribution in [0, 0.1) is 11.8 Å². The zero-order valence-electron chi connectivity index (χ0n) is 14.7. The fourth-order valence-corrected chi connectivity index (χ4v) is 3.68. The zero-order chi connectivity index (χ0) is 17.4. The molecule has 0 aromatic heterocycles. The van der Waals surface area contributed by atoms with Gasteiger partial charge >= 0.3 is 5.97 Å². The Bertz CT molecular complexity index is 402. The van der Waals surface area contributed by atoms with E-state index in [4.69, 9.17) is 9.47 Å². The second kappa shape index (κ2) is 9.99. The largest absolute Gasteiger partial charge is 0.481 e. The molecule has 2 unspecified atom stereocenters. The smallest absolute Gasteiger partial charge is 0.308 e. The van der Waals surface area contributed by atoms with Crippen LogP contribution in [-0.4, -0.2) is 48.9 Å². The standard InChI is InChI=1S/C18H31NO5/c1-2-16(24-14-6-4-3-5-7-14)17(20)19-12-15(18(21)22)13-8-10-23-11-9-13/h13-16H,2-12H2,1H3,(H,19,20)(H,21,22). The minimum Gasteiger partial charge on any atom is -0.481 e. The summed E-state index contributed by atoms with van der Waals surface area (Å²) < 4.78 is 11.3. The highest BCUT2D eigenvalue weighted by Crippen LogP contribution is 2.24. The quantitative estimate of drug-likeness (QED) is 0.708. The van der Waals surface area contributed by atoms with Gasteiger partial charge in [0.25, 0.3) is 0 Å². The lowest BCUT2D eigenvalue weighted by atomic mass is 9.86. The minimum absolute atomic E-state index is 0.0656. The van der Waals surface area contributed by atoms with Crippen LogP contribution in [0.15, 0.2) is 0 Å². The summed E-state index contributed by atoms with van der Waals surface area (Å²) in [6.07, 6.45) is 7.38. The van der Waals surface area contributed by atoms with Crippen LogP contribution in [0.25, 0.3) is 0 Å². The van der Waals surface area contributed by atoms with Gasteiger partial charge in [0.05, 0.1) is 12.0 Å². The van der Waals surface area contributed by atoms with E-state index < -0.39 is 18.0 Å². The summed E-state index contributed by atoms with van der Waals surface area (Å²) in [6, 6.07) is 0. The number of amides is 1. The van der Waals surface area contributed by atoms with Crippen molar-refractivity contribution in [2.45, 2.75) is 70.5 Å². The van der Waals surface area contributed by atoms with Crippen molar-refractivity contribution in [2.24, 2.45) is 11.8 Å². The molecule has 2 N–H and O–H groups in total. The van der Waals surface area contributed by atoms with E-state index >= 15 is 0 Å². The Morgan fingerprint density at radius 1 is 1.17 bits per heavy atom. The van der Waals surface area contributed by atoms with Crippen molar-refractivity contribution in [1.29, 1.82) is 0 Å². The molecular weight excluding hydrogens is 310 g/mol. The number of rotatable bonds is 8. The molecule has 0 aromatic rings. The molecule has 0 aromatic carbocycles. The molecule has 1 heterocycles. The summed E-state index contributed by atoms with van der Waals surface area (Å²) >= 11 is 0. The van der Waals surface area contributed by atoms with E-state index in [1.165, 1.54) is 6.42 Å². The van der Waals surface area contributed by atoms with Crippen molar-refractivity contribution in [3.8, 4) is 0 Å². The van der Waals surface area contributed by atoms with E-state index in [0.717, 1.165) is 38.5 Å². The molecule has 2 rings (SSSR count). The van der Waals surface area contributed by atoms with Crippen molar-refractivity contribution < 1.29 is 24.2 Å². The fourth-order valence-electron chi connectivity index (χ4n) is 3.68. The van der Waals surface area contributed by atoms with Gasteiger partial charge in [-0.3, -0.25) is 9.59 Å². The van der Waals surface area contributed by atoms with Gasteiger partial charge in [-0.05, 0) is 38.0 Å². The summed E-state index contributed by atoms with van der Waals surface area (Å²) in [5, 5.41) is 12.3. The van der Waals surface area contributed by atoms with E-state index in [-0.39, 0.29) is 24.5 Å². The van der Waals surface area contributed by atoms with Gasteiger partial charge in [-0.25, -0.2) is 0 Å². The number of carbonyl (C=O) groups excluding carboxylic acids is 1. The van der Waals surface area contributed by atoms with Crippen LogP contribution in [0.3, 0.4) is 0 Å². The number of ether oxygens (including phenoxy) is 2. The Kier molecular flexibility index (Phi) is 7.99. The van der Waals surface area contributed by atoms with Crippen molar-refractivity contribution >= 4 is 11.9 Å². The molecule has 0 bridgehead atoms. The lowest BCUT2D eigenvalue weighted by Crippen LogP contribution is -2.44. The molecule has 1 aliphatic carbocycles. The molecule has 138 valence electrons. The minimum atomic E-state index is -0.844. The first-order chi connectivity index (χ1) is 11.6. The van der Waals surface area contributed by atoms with Crippen molar-refractivity contribution in [1.82, 2.24) is 5.32 Å². The molecule has 1 saturated carbocycles. The molecule has 0 radical (unpaired) electrons. The van der Waals surface area contributed by atoms with E-state index in [1.54, 1.807) is 0 Å². The number of hydrogen-bond donors (Lipinski definition) is 2. The van der Waals surface area contributed by atoms with Crippen LogP contribution < -0.4 is 5.32 Å². The van der Waals surface area contributed by atoms with Crippen molar-refractivity contribution in [3.63, 3.8) is 0 Å². The first kappa shape index (κ1) is 19.2. The first-order valence-corrected chi connectivity index (χ1v) is 9.35. The molecular formula is C18H31NO5.